The van der Waals surface area contributed by atoms with E-state index in [4.69, 9.17) is 9.15 Å². The van der Waals surface area contributed by atoms with Crippen LogP contribution >= 0.6 is 0 Å². The van der Waals surface area contributed by atoms with Gasteiger partial charge in [-0.25, -0.2) is 0 Å². The van der Waals surface area contributed by atoms with Crippen LogP contribution in [0, 0.1) is 13.8 Å². The first-order valence-electron chi connectivity index (χ1n) is 10.9. The molecule has 0 radical (unpaired) electrons. The van der Waals surface area contributed by atoms with Gasteiger partial charge in [0, 0.05) is 23.6 Å². The highest BCUT2D eigenvalue weighted by Crippen LogP contribution is 2.40. The summed E-state index contributed by atoms with van der Waals surface area (Å²) in [6.07, 6.45) is 3.64. The van der Waals surface area contributed by atoms with Crippen LogP contribution < -0.4 is 15.4 Å². The summed E-state index contributed by atoms with van der Waals surface area (Å²) in [5.41, 5.74) is 3.09. The molecule has 2 heterocycles. The molecule has 0 fully saturated rings. The van der Waals surface area contributed by atoms with Crippen molar-refractivity contribution in [3.63, 3.8) is 0 Å². The normalized spacial score (nSPS) is 17.0. The summed E-state index contributed by atoms with van der Waals surface area (Å²) in [6, 6.07) is 16.3. The molecule has 2 N–H and O–H groups in total. The van der Waals surface area contributed by atoms with Gasteiger partial charge in [-0.05, 0) is 58.0 Å². The Labute approximate surface area is 193 Å². The predicted octanol–water partition coefficient (Wildman–Crippen LogP) is 5.09. The van der Waals surface area contributed by atoms with Crippen LogP contribution in [0.5, 0.6) is 5.75 Å². The van der Waals surface area contributed by atoms with Crippen molar-refractivity contribution < 1.29 is 18.7 Å². The van der Waals surface area contributed by atoms with E-state index in [1.807, 2.05) is 58.0 Å². The maximum absolute atomic E-state index is 13.4. The van der Waals surface area contributed by atoms with Crippen molar-refractivity contribution in [2.24, 2.45) is 0 Å². The van der Waals surface area contributed by atoms with Crippen LogP contribution in [0.25, 0.3) is 6.08 Å². The van der Waals surface area contributed by atoms with Gasteiger partial charge in [-0.2, -0.15) is 0 Å². The molecular formula is C27H28N2O4. The predicted molar refractivity (Wildman–Crippen MR) is 127 cm³/mol. The summed E-state index contributed by atoms with van der Waals surface area (Å²) >= 11 is 0. The van der Waals surface area contributed by atoms with Gasteiger partial charge in [0.1, 0.15) is 22.8 Å². The Kier molecular flexibility index (Phi) is 6.09. The highest BCUT2D eigenvalue weighted by Gasteiger charge is 2.35. The molecule has 2 amide bonds. The lowest BCUT2D eigenvalue weighted by Gasteiger charge is -2.38. The molecule has 0 spiro atoms. The number of ether oxygens (including phenoxy) is 1. The number of hydrogen-bond acceptors (Lipinski definition) is 4. The number of rotatable bonds is 5. The van der Waals surface area contributed by atoms with E-state index in [0.29, 0.717) is 17.7 Å². The topological polar surface area (TPSA) is 80.6 Å². The molecule has 1 aliphatic heterocycles. The van der Waals surface area contributed by atoms with Crippen molar-refractivity contribution in [1.29, 1.82) is 0 Å². The van der Waals surface area contributed by atoms with Crippen molar-refractivity contribution in [1.82, 2.24) is 10.6 Å². The summed E-state index contributed by atoms with van der Waals surface area (Å²) < 4.78 is 11.5. The first-order valence-corrected chi connectivity index (χ1v) is 10.9. The zero-order valence-electron chi connectivity index (χ0n) is 19.3. The lowest BCUT2D eigenvalue weighted by molar-refractivity contribution is -0.119. The number of hydrogen-bond donors (Lipinski definition) is 2. The van der Waals surface area contributed by atoms with Crippen molar-refractivity contribution in [3.8, 4) is 5.75 Å². The van der Waals surface area contributed by atoms with Gasteiger partial charge in [0.15, 0.2) is 0 Å². The number of amides is 2. The van der Waals surface area contributed by atoms with E-state index in [0.717, 1.165) is 22.4 Å². The van der Waals surface area contributed by atoms with Gasteiger partial charge < -0.3 is 19.8 Å². The quantitative estimate of drug-likeness (QED) is 0.538. The molecule has 1 unspecified atom stereocenters. The summed E-state index contributed by atoms with van der Waals surface area (Å²) in [6.45, 7) is 7.90. The maximum atomic E-state index is 13.4. The van der Waals surface area contributed by atoms with Crippen LogP contribution in [-0.4, -0.2) is 17.4 Å². The van der Waals surface area contributed by atoms with E-state index in [1.54, 1.807) is 24.3 Å². The summed E-state index contributed by atoms with van der Waals surface area (Å²) in [5, 5.41) is 5.86. The molecule has 0 aliphatic carbocycles. The number of carbonyl (C=O) groups excluding carboxylic acids is 2. The molecule has 6 nitrogen and oxygen atoms in total. The van der Waals surface area contributed by atoms with Gasteiger partial charge in [0.25, 0.3) is 11.8 Å². The second-order valence-corrected chi connectivity index (χ2v) is 9.03. The molecule has 1 aromatic heterocycles. The fourth-order valence-corrected chi connectivity index (χ4v) is 3.99. The molecule has 33 heavy (non-hydrogen) atoms. The number of furan rings is 1. The number of nitrogens with one attached hydrogen (secondary N) is 2. The average molecular weight is 445 g/mol. The Hall–Kier alpha value is -3.80. The van der Waals surface area contributed by atoms with E-state index in [-0.39, 0.29) is 17.6 Å². The van der Waals surface area contributed by atoms with Crippen LogP contribution in [0.15, 0.2) is 71.0 Å². The highest BCUT2D eigenvalue weighted by molar-refractivity contribution is 6.05. The second kappa shape index (κ2) is 8.98. The zero-order valence-corrected chi connectivity index (χ0v) is 19.3. The number of aryl methyl sites for hydroxylation is 2. The van der Waals surface area contributed by atoms with E-state index in [9.17, 15) is 9.59 Å². The molecule has 3 aromatic rings. The molecule has 1 aliphatic rings. The first kappa shape index (κ1) is 22.4. The number of benzene rings is 2. The Bertz CT molecular complexity index is 1210. The van der Waals surface area contributed by atoms with Crippen LogP contribution in [0.3, 0.4) is 0 Å². The Morgan fingerprint density at radius 3 is 2.55 bits per heavy atom. The first-order chi connectivity index (χ1) is 15.7. The third kappa shape index (κ3) is 5.34. The van der Waals surface area contributed by atoms with Gasteiger partial charge in [-0.1, -0.05) is 35.4 Å². The number of carbonyl (C=O) groups is 2. The van der Waals surface area contributed by atoms with Crippen LogP contribution in [-0.2, 0) is 4.79 Å². The lowest BCUT2D eigenvalue weighted by atomic mass is 9.89. The molecule has 0 saturated heterocycles. The lowest BCUT2D eigenvalue weighted by Crippen LogP contribution is -2.43. The van der Waals surface area contributed by atoms with Crippen molar-refractivity contribution in [2.75, 3.05) is 0 Å². The van der Waals surface area contributed by atoms with Gasteiger partial charge >= 0.3 is 0 Å². The summed E-state index contributed by atoms with van der Waals surface area (Å²) in [7, 11) is 0. The van der Waals surface area contributed by atoms with Gasteiger partial charge in [-0.3, -0.25) is 9.59 Å². The molecule has 2 aromatic carbocycles. The van der Waals surface area contributed by atoms with Gasteiger partial charge in [-0.15, -0.1) is 0 Å². The minimum Gasteiger partial charge on any atom is -0.487 e. The smallest absolute Gasteiger partial charge is 0.268 e. The Morgan fingerprint density at radius 2 is 1.82 bits per heavy atom. The van der Waals surface area contributed by atoms with E-state index < -0.39 is 11.5 Å². The molecule has 1 atom stereocenters. The standard InChI is InChI=1S/C27H28N2O4/c1-17-7-5-8-19(13-17)25(30)28-22(15-20-9-6-12-32-20)26(31)29-23-16-27(3,4)33-24-11-10-18(2)14-21(23)24/h5-15,23H,16H2,1-4H3,(H,28,30)(H,29,31)/b22-15-. The zero-order chi connectivity index (χ0) is 23.6. The van der Waals surface area contributed by atoms with Crippen LogP contribution in [0.2, 0.25) is 0 Å². The van der Waals surface area contributed by atoms with Gasteiger partial charge in [0.2, 0.25) is 0 Å². The van der Waals surface area contributed by atoms with Gasteiger partial charge in [0.05, 0.1) is 12.3 Å². The molecule has 0 bridgehead atoms. The Balaban J connectivity index is 1.62. The van der Waals surface area contributed by atoms with E-state index >= 15 is 0 Å². The number of fused-ring (bicyclic) bond motifs is 1. The maximum Gasteiger partial charge on any atom is 0.268 e. The molecule has 170 valence electrons. The van der Waals surface area contributed by atoms with Crippen molar-refractivity contribution in [3.05, 3.63) is 94.6 Å². The molecule has 6 heteroatoms. The largest absolute Gasteiger partial charge is 0.487 e. The summed E-state index contributed by atoms with van der Waals surface area (Å²) in [5.74, 6) is 0.452. The third-order valence-electron chi connectivity index (χ3n) is 5.53. The van der Waals surface area contributed by atoms with E-state index in [1.165, 1.54) is 12.3 Å². The molecular weight excluding hydrogens is 416 g/mol. The highest BCUT2D eigenvalue weighted by atomic mass is 16.5. The van der Waals surface area contributed by atoms with Crippen molar-refractivity contribution >= 4 is 17.9 Å². The van der Waals surface area contributed by atoms with Crippen molar-refractivity contribution in [2.45, 2.75) is 45.8 Å². The SMILES string of the molecule is Cc1cccc(C(=O)N/C(=C\c2ccco2)C(=O)NC2CC(C)(C)Oc3ccc(C)cc32)c1. The molecule has 0 saturated carbocycles. The van der Waals surface area contributed by atoms with E-state index in [2.05, 4.69) is 10.6 Å². The van der Waals surface area contributed by atoms with Crippen LogP contribution in [0.1, 0.15) is 59.1 Å². The Morgan fingerprint density at radius 1 is 1.03 bits per heavy atom. The minimum atomic E-state index is -0.449. The average Bonchev–Trinajstić information content (AvgIpc) is 3.26. The monoisotopic (exact) mass is 444 g/mol. The van der Waals surface area contributed by atoms with Crippen LogP contribution in [0.4, 0.5) is 0 Å². The minimum absolute atomic E-state index is 0.106. The fourth-order valence-electron chi connectivity index (χ4n) is 3.99. The molecule has 4 rings (SSSR count). The third-order valence-corrected chi connectivity index (χ3v) is 5.53. The fraction of sp³-hybridized carbons (Fsp3) is 0.259. The second-order valence-electron chi connectivity index (χ2n) is 9.03. The summed E-state index contributed by atoms with van der Waals surface area (Å²) in [4.78, 5) is 26.3.